The van der Waals surface area contributed by atoms with E-state index in [1.165, 1.54) is 0 Å². The third-order valence-corrected chi connectivity index (χ3v) is 5.60. The summed E-state index contributed by atoms with van der Waals surface area (Å²) in [7, 11) is 0. The molecule has 0 aromatic heterocycles. The van der Waals surface area contributed by atoms with Gasteiger partial charge in [-0.05, 0) is 48.4 Å². The van der Waals surface area contributed by atoms with Gasteiger partial charge in [0.05, 0.1) is 17.7 Å². The Morgan fingerprint density at radius 3 is 2.54 bits per heavy atom. The normalized spacial score (nSPS) is 25.2. The molecule has 3 rings (SSSR count). The van der Waals surface area contributed by atoms with Crippen LogP contribution in [0.4, 0.5) is 0 Å². The van der Waals surface area contributed by atoms with Crippen LogP contribution in [0.3, 0.4) is 0 Å². The third-order valence-electron chi connectivity index (χ3n) is 5.11. The number of halogens is 1. The molecule has 2 aliphatic rings. The quantitative estimate of drug-likeness (QED) is 0.732. The molecule has 0 saturated heterocycles. The largest absolute Gasteiger partial charge is 0.290 e. The van der Waals surface area contributed by atoms with Crippen LogP contribution in [-0.4, -0.2) is 5.78 Å². The molecular formula is C19H14BrN3O. The molecule has 5 heteroatoms. The van der Waals surface area contributed by atoms with E-state index in [-0.39, 0.29) is 11.5 Å². The zero-order valence-corrected chi connectivity index (χ0v) is 14.5. The van der Waals surface area contributed by atoms with Crippen molar-refractivity contribution in [3.63, 3.8) is 0 Å². The monoisotopic (exact) mass is 379 g/mol. The first kappa shape index (κ1) is 16.4. The Hall–Kier alpha value is -2.42. The van der Waals surface area contributed by atoms with Gasteiger partial charge in [-0.1, -0.05) is 34.5 Å². The van der Waals surface area contributed by atoms with Crippen molar-refractivity contribution < 1.29 is 4.79 Å². The van der Waals surface area contributed by atoms with Gasteiger partial charge in [0.2, 0.25) is 11.2 Å². The number of carbonyl (C=O) groups excluding carboxylic acids is 1. The fourth-order valence-electron chi connectivity index (χ4n) is 4.07. The molecule has 0 heterocycles. The fraction of sp³-hybridized carbons (Fsp3) is 0.368. The zero-order valence-electron chi connectivity index (χ0n) is 12.9. The zero-order chi connectivity index (χ0) is 17.3. The number of nitriles is 3. The molecule has 2 aliphatic carbocycles. The first-order chi connectivity index (χ1) is 11.6. The lowest BCUT2D eigenvalue weighted by atomic mass is 9.55. The van der Waals surface area contributed by atoms with E-state index in [9.17, 15) is 20.6 Å². The first-order valence-electron chi connectivity index (χ1n) is 7.85. The minimum Gasteiger partial charge on any atom is -0.290 e. The summed E-state index contributed by atoms with van der Waals surface area (Å²) in [5, 5.41) is 29.0. The lowest BCUT2D eigenvalue weighted by molar-refractivity contribution is -0.122. The number of ketones is 1. The highest BCUT2D eigenvalue weighted by molar-refractivity contribution is 9.10. The summed E-state index contributed by atoms with van der Waals surface area (Å²) < 4.78 is 0.838. The number of nitrogens with zero attached hydrogens (tertiary/aromatic N) is 3. The van der Waals surface area contributed by atoms with E-state index < -0.39 is 17.1 Å². The van der Waals surface area contributed by atoms with Crippen molar-refractivity contribution in [1.29, 1.82) is 15.8 Å². The lowest BCUT2D eigenvalue weighted by Crippen LogP contribution is -2.45. The number of carbonyl (C=O) groups is 1. The van der Waals surface area contributed by atoms with E-state index >= 15 is 0 Å². The van der Waals surface area contributed by atoms with Crippen molar-refractivity contribution in [2.75, 3.05) is 0 Å². The standard InChI is InChI=1S/C19H14BrN3O/c20-13-5-3-4-12(8-13)17-15-7-2-1-6-14(15)16(9-21)18(24)19(17,10-22)11-23/h3-5,8,15,17H,1-2,6-7H2/t15-,17-/m0/s1. The van der Waals surface area contributed by atoms with Crippen LogP contribution in [0, 0.1) is 45.3 Å². The Bertz CT molecular complexity index is 852. The van der Waals surface area contributed by atoms with Crippen molar-refractivity contribution in [3.05, 3.63) is 45.4 Å². The minimum absolute atomic E-state index is 0.0362. The third kappa shape index (κ3) is 2.27. The summed E-state index contributed by atoms with van der Waals surface area (Å²) in [4.78, 5) is 12.9. The van der Waals surface area contributed by atoms with Crippen LogP contribution in [0.25, 0.3) is 0 Å². The predicted molar refractivity (Wildman–Crippen MR) is 90.1 cm³/mol. The van der Waals surface area contributed by atoms with Gasteiger partial charge in [-0.15, -0.1) is 0 Å². The minimum atomic E-state index is -1.84. The molecule has 0 radical (unpaired) electrons. The summed E-state index contributed by atoms with van der Waals surface area (Å²) in [6, 6.07) is 13.4. The van der Waals surface area contributed by atoms with Crippen LogP contribution in [0.15, 0.2) is 39.9 Å². The van der Waals surface area contributed by atoms with Crippen LogP contribution in [0.2, 0.25) is 0 Å². The summed E-state index contributed by atoms with van der Waals surface area (Å²) in [5.74, 6) is -1.28. The van der Waals surface area contributed by atoms with Gasteiger partial charge in [0.25, 0.3) is 0 Å². The van der Waals surface area contributed by atoms with Crippen molar-refractivity contribution >= 4 is 21.7 Å². The van der Waals surface area contributed by atoms with Gasteiger partial charge < -0.3 is 0 Å². The molecule has 0 unspecified atom stereocenters. The number of rotatable bonds is 1. The summed E-state index contributed by atoms with van der Waals surface area (Å²) in [5.41, 5.74) is -0.173. The van der Waals surface area contributed by atoms with Crippen molar-refractivity contribution in [1.82, 2.24) is 0 Å². The molecule has 1 aromatic carbocycles. The first-order valence-corrected chi connectivity index (χ1v) is 8.64. The summed E-state index contributed by atoms with van der Waals surface area (Å²) in [6.45, 7) is 0. The van der Waals surface area contributed by atoms with E-state index in [1.807, 2.05) is 42.5 Å². The average Bonchev–Trinajstić information content (AvgIpc) is 2.61. The van der Waals surface area contributed by atoms with E-state index in [0.717, 1.165) is 34.9 Å². The van der Waals surface area contributed by atoms with Crippen LogP contribution in [0.5, 0.6) is 0 Å². The Balaban J connectivity index is 2.30. The highest BCUT2D eigenvalue weighted by atomic mass is 79.9. The molecule has 2 atom stereocenters. The highest BCUT2D eigenvalue weighted by Crippen LogP contribution is 2.54. The number of allylic oxidation sites excluding steroid dienone is 2. The van der Waals surface area contributed by atoms with Gasteiger partial charge in [-0.3, -0.25) is 4.79 Å². The second kappa shape index (κ2) is 6.23. The second-order valence-electron chi connectivity index (χ2n) is 6.26. The molecule has 0 bridgehead atoms. The van der Waals surface area contributed by atoms with Gasteiger partial charge in [0.1, 0.15) is 6.07 Å². The van der Waals surface area contributed by atoms with Crippen molar-refractivity contribution in [2.45, 2.75) is 31.6 Å². The SMILES string of the molecule is N#CC1=C2CCCC[C@@H]2[C@H](c2cccc(Br)c2)C(C#N)(C#N)C1=O. The Kier molecular flexibility index (Phi) is 4.27. The maximum absolute atomic E-state index is 12.9. The molecule has 0 aliphatic heterocycles. The number of hydrogen-bond acceptors (Lipinski definition) is 4. The van der Waals surface area contributed by atoms with Gasteiger partial charge in [-0.25, -0.2) is 0 Å². The molecule has 0 spiro atoms. The summed E-state index contributed by atoms with van der Waals surface area (Å²) >= 11 is 3.42. The predicted octanol–water partition coefficient (Wildman–Crippen LogP) is 4.16. The summed E-state index contributed by atoms with van der Waals surface area (Å²) in [6.07, 6.45) is 3.38. The molecular weight excluding hydrogens is 366 g/mol. The smallest absolute Gasteiger partial charge is 0.214 e. The van der Waals surface area contributed by atoms with Gasteiger partial charge in [-0.2, -0.15) is 15.8 Å². The number of fused-ring (bicyclic) bond motifs is 1. The van der Waals surface area contributed by atoms with Gasteiger partial charge in [0.15, 0.2) is 0 Å². The second-order valence-corrected chi connectivity index (χ2v) is 7.17. The Labute approximate surface area is 149 Å². The van der Waals surface area contributed by atoms with Crippen molar-refractivity contribution in [3.8, 4) is 18.2 Å². The number of hydrogen-bond donors (Lipinski definition) is 0. The van der Waals surface area contributed by atoms with Gasteiger partial charge in [0, 0.05) is 10.4 Å². The molecule has 24 heavy (non-hydrogen) atoms. The topological polar surface area (TPSA) is 88.4 Å². The number of benzene rings is 1. The molecule has 1 aromatic rings. The van der Waals surface area contributed by atoms with E-state index in [1.54, 1.807) is 0 Å². The molecule has 118 valence electrons. The maximum atomic E-state index is 12.9. The fourth-order valence-corrected chi connectivity index (χ4v) is 4.49. The van der Waals surface area contributed by atoms with Gasteiger partial charge >= 0.3 is 0 Å². The van der Waals surface area contributed by atoms with E-state index in [0.29, 0.717) is 6.42 Å². The van der Waals surface area contributed by atoms with Crippen LogP contribution < -0.4 is 0 Å². The van der Waals surface area contributed by atoms with E-state index in [2.05, 4.69) is 15.9 Å². The average molecular weight is 380 g/mol. The molecule has 1 fully saturated rings. The molecule has 4 nitrogen and oxygen atoms in total. The molecule has 0 N–H and O–H groups in total. The van der Waals surface area contributed by atoms with E-state index in [4.69, 9.17) is 0 Å². The maximum Gasteiger partial charge on any atom is 0.214 e. The Morgan fingerprint density at radius 2 is 1.92 bits per heavy atom. The van der Waals surface area contributed by atoms with Crippen molar-refractivity contribution in [2.24, 2.45) is 11.3 Å². The molecule has 1 saturated carbocycles. The number of Topliss-reactive ketones (excluding diaryl/α,β-unsaturated/α-hetero) is 1. The molecule has 0 amide bonds. The van der Waals surface area contributed by atoms with Crippen LogP contribution in [0.1, 0.15) is 37.2 Å². The lowest BCUT2D eigenvalue weighted by Gasteiger charge is -2.42. The van der Waals surface area contributed by atoms with Crippen LogP contribution >= 0.6 is 15.9 Å². The highest BCUT2D eigenvalue weighted by Gasteiger charge is 2.57. The Morgan fingerprint density at radius 1 is 1.17 bits per heavy atom. The van der Waals surface area contributed by atoms with Crippen LogP contribution in [-0.2, 0) is 4.79 Å².